The Balaban J connectivity index is 1.62. The molecule has 1 saturated heterocycles. The highest BCUT2D eigenvalue weighted by Crippen LogP contribution is 2.48. The summed E-state index contributed by atoms with van der Waals surface area (Å²) >= 11 is 0. The molecular weight excluding hydrogens is 419 g/mol. The SMILES string of the molecule is CN=Cc1cc(-c2ccc3c(c2)C2(CC(c4ccccc4)O3)NC(=NC)N(C)O2)ccc1F. The second-order valence-corrected chi connectivity index (χ2v) is 8.14. The summed E-state index contributed by atoms with van der Waals surface area (Å²) < 4.78 is 20.6. The number of ether oxygens (including phenoxy) is 1. The average molecular weight is 445 g/mol. The third-order valence-corrected chi connectivity index (χ3v) is 6.04. The fraction of sp³-hybridized carbons (Fsp3) is 0.231. The number of guanidine groups is 1. The molecule has 2 aliphatic rings. The number of aliphatic imine (C=N–C) groups is 2. The largest absolute Gasteiger partial charge is 0.485 e. The molecule has 2 aliphatic heterocycles. The first kappa shape index (κ1) is 21.2. The monoisotopic (exact) mass is 444 g/mol. The Hall–Kier alpha value is -3.71. The number of nitrogens with zero attached hydrogens (tertiary/aromatic N) is 3. The van der Waals surface area contributed by atoms with E-state index < -0.39 is 5.72 Å². The standard InChI is InChI=1S/C26H25FN4O2/c1-28-16-20-13-18(9-11-22(20)27)19-10-12-23-21(14-19)26(30-25(29-2)31(3)33-26)15-24(32-23)17-7-5-4-6-8-17/h4-14,16,24H,15H2,1-3H3,(H,29,30). The van der Waals surface area contributed by atoms with Crippen molar-refractivity contribution < 1.29 is 14.0 Å². The summed E-state index contributed by atoms with van der Waals surface area (Å²) in [6.45, 7) is 0. The second-order valence-electron chi connectivity index (χ2n) is 8.14. The Bertz CT molecular complexity index is 1240. The van der Waals surface area contributed by atoms with Crippen molar-refractivity contribution in [2.75, 3.05) is 21.1 Å². The fourth-order valence-electron chi connectivity index (χ4n) is 4.47. The maximum Gasteiger partial charge on any atom is 0.220 e. The van der Waals surface area contributed by atoms with Crippen molar-refractivity contribution >= 4 is 12.2 Å². The van der Waals surface area contributed by atoms with Gasteiger partial charge in [0.05, 0.1) is 0 Å². The molecular formula is C26H25FN4O2. The number of benzene rings is 3. The van der Waals surface area contributed by atoms with Crippen molar-refractivity contribution in [2.45, 2.75) is 18.2 Å². The van der Waals surface area contributed by atoms with Crippen LogP contribution in [0.2, 0.25) is 0 Å². The molecule has 2 unspecified atom stereocenters. The number of fused-ring (bicyclic) bond motifs is 2. The maximum atomic E-state index is 14.2. The predicted molar refractivity (Wildman–Crippen MR) is 127 cm³/mol. The lowest BCUT2D eigenvalue weighted by Crippen LogP contribution is -2.44. The van der Waals surface area contributed by atoms with Crippen LogP contribution in [0, 0.1) is 5.82 Å². The highest BCUT2D eigenvalue weighted by Gasteiger charge is 2.50. The van der Waals surface area contributed by atoms with Gasteiger partial charge in [-0.2, -0.15) is 0 Å². The fourth-order valence-corrected chi connectivity index (χ4v) is 4.47. The lowest BCUT2D eigenvalue weighted by Gasteiger charge is -2.38. The molecule has 0 aromatic heterocycles. The summed E-state index contributed by atoms with van der Waals surface area (Å²) in [4.78, 5) is 14.7. The number of hydroxylamine groups is 2. The zero-order valence-electron chi connectivity index (χ0n) is 18.7. The van der Waals surface area contributed by atoms with Crippen LogP contribution in [0.1, 0.15) is 29.2 Å². The Kier molecular flexibility index (Phi) is 5.34. The molecule has 1 N–H and O–H groups in total. The van der Waals surface area contributed by atoms with E-state index in [1.54, 1.807) is 31.3 Å². The van der Waals surface area contributed by atoms with Crippen LogP contribution in [0.5, 0.6) is 5.75 Å². The lowest BCUT2D eigenvalue weighted by atomic mass is 9.87. The van der Waals surface area contributed by atoms with Crippen LogP contribution in [-0.4, -0.2) is 38.4 Å². The van der Waals surface area contributed by atoms with Crippen LogP contribution in [-0.2, 0) is 10.6 Å². The third-order valence-electron chi connectivity index (χ3n) is 6.04. The van der Waals surface area contributed by atoms with E-state index in [4.69, 9.17) is 9.57 Å². The molecule has 6 nitrogen and oxygen atoms in total. The zero-order valence-corrected chi connectivity index (χ0v) is 18.7. The highest BCUT2D eigenvalue weighted by molar-refractivity contribution is 5.84. The minimum Gasteiger partial charge on any atom is -0.485 e. The summed E-state index contributed by atoms with van der Waals surface area (Å²) in [5.74, 6) is 1.07. The van der Waals surface area contributed by atoms with Gasteiger partial charge in [-0.25, -0.2) is 14.3 Å². The van der Waals surface area contributed by atoms with Crippen LogP contribution in [0.15, 0.2) is 76.7 Å². The highest BCUT2D eigenvalue weighted by atomic mass is 19.1. The minimum atomic E-state index is -0.846. The predicted octanol–water partition coefficient (Wildman–Crippen LogP) is 4.67. The van der Waals surface area contributed by atoms with Gasteiger partial charge in [0, 0.05) is 44.9 Å². The molecule has 0 amide bonds. The van der Waals surface area contributed by atoms with Crippen LogP contribution < -0.4 is 10.1 Å². The minimum absolute atomic E-state index is 0.195. The first-order valence-corrected chi connectivity index (χ1v) is 10.8. The van der Waals surface area contributed by atoms with E-state index in [1.165, 1.54) is 12.3 Å². The summed E-state index contributed by atoms with van der Waals surface area (Å²) in [6.07, 6.45) is 1.88. The van der Waals surface area contributed by atoms with Crippen LogP contribution in [0.4, 0.5) is 4.39 Å². The van der Waals surface area contributed by atoms with Gasteiger partial charge in [-0.05, 0) is 41.0 Å². The van der Waals surface area contributed by atoms with Gasteiger partial charge in [0.2, 0.25) is 11.7 Å². The molecule has 5 rings (SSSR count). The lowest BCUT2D eigenvalue weighted by molar-refractivity contribution is -0.191. The Morgan fingerprint density at radius 1 is 1.06 bits per heavy atom. The Morgan fingerprint density at radius 2 is 1.82 bits per heavy atom. The van der Waals surface area contributed by atoms with Gasteiger partial charge in [0.25, 0.3) is 0 Å². The van der Waals surface area contributed by atoms with Crippen molar-refractivity contribution in [3.05, 3.63) is 89.2 Å². The first-order chi connectivity index (χ1) is 16.0. The van der Waals surface area contributed by atoms with Crippen molar-refractivity contribution in [3.63, 3.8) is 0 Å². The van der Waals surface area contributed by atoms with E-state index >= 15 is 0 Å². The molecule has 2 heterocycles. The van der Waals surface area contributed by atoms with Gasteiger partial charge in [-0.3, -0.25) is 9.98 Å². The van der Waals surface area contributed by atoms with Gasteiger partial charge in [0.1, 0.15) is 17.7 Å². The van der Waals surface area contributed by atoms with E-state index in [-0.39, 0.29) is 11.9 Å². The number of rotatable bonds is 3. The molecule has 0 radical (unpaired) electrons. The van der Waals surface area contributed by atoms with E-state index in [0.29, 0.717) is 17.9 Å². The number of hydrogen-bond donors (Lipinski definition) is 1. The van der Waals surface area contributed by atoms with Gasteiger partial charge in [0.15, 0.2) is 0 Å². The van der Waals surface area contributed by atoms with E-state index in [0.717, 1.165) is 28.0 Å². The van der Waals surface area contributed by atoms with Gasteiger partial charge < -0.3 is 10.1 Å². The molecule has 2 atom stereocenters. The summed E-state index contributed by atoms with van der Waals surface area (Å²) in [7, 11) is 5.18. The maximum absolute atomic E-state index is 14.2. The van der Waals surface area contributed by atoms with E-state index in [1.807, 2.05) is 43.4 Å². The molecule has 1 fully saturated rings. The molecule has 33 heavy (non-hydrogen) atoms. The topological polar surface area (TPSA) is 58.5 Å². The van der Waals surface area contributed by atoms with E-state index in [2.05, 4.69) is 27.4 Å². The second kappa shape index (κ2) is 8.33. The third kappa shape index (κ3) is 3.74. The molecule has 0 saturated carbocycles. The van der Waals surface area contributed by atoms with Crippen molar-refractivity contribution in [2.24, 2.45) is 9.98 Å². The van der Waals surface area contributed by atoms with Gasteiger partial charge in [-0.15, -0.1) is 0 Å². The quantitative estimate of drug-likeness (QED) is 0.597. The van der Waals surface area contributed by atoms with Crippen molar-refractivity contribution in [1.82, 2.24) is 10.4 Å². The number of halogens is 1. The van der Waals surface area contributed by atoms with Crippen LogP contribution in [0.25, 0.3) is 11.1 Å². The zero-order chi connectivity index (χ0) is 23.0. The summed E-state index contributed by atoms with van der Waals surface area (Å²) in [5.41, 5.74) is 3.34. The van der Waals surface area contributed by atoms with Crippen LogP contribution >= 0.6 is 0 Å². The molecule has 3 aromatic carbocycles. The molecule has 0 aliphatic carbocycles. The number of nitrogens with one attached hydrogen (secondary N) is 1. The summed E-state index contributed by atoms with van der Waals surface area (Å²) in [5, 5.41) is 5.12. The smallest absolute Gasteiger partial charge is 0.220 e. The van der Waals surface area contributed by atoms with Gasteiger partial charge >= 0.3 is 0 Å². The van der Waals surface area contributed by atoms with Crippen molar-refractivity contribution in [1.29, 1.82) is 0 Å². The Morgan fingerprint density at radius 3 is 2.55 bits per heavy atom. The van der Waals surface area contributed by atoms with E-state index in [9.17, 15) is 4.39 Å². The average Bonchev–Trinajstić information content (AvgIpc) is 3.16. The molecule has 1 spiro atoms. The molecule has 168 valence electrons. The molecule has 7 heteroatoms. The summed E-state index contributed by atoms with van der Waals surface area (Å²) in [6, 6.07) is 21.1. The van der Waals surface area contributed by atoms with Crippen LogP contribution in [0.3, 0.4) is 0 Å². The van der Waals surface area contributed by atoms with Crippen molar-refractivity contribution in [3.8, 4) is 16.9 Å². The first-order valence-electron chi connectivity index (χ1n) is 10.8. The Labute approximate surface area is 192 Å². The normalized spacial score (nSPS) is 23.1. The molecule has 3 aromatic rings. The number of hydrogen-bond acceptors (Lipinski definition) is 4. The van der Waals surface area contributed by atoms with Gasteiger partial charge in [-0.1, -0.05) is 42.5 Å². The molecule has 0 bridgehead atoms.